The molecule has 8 heteroatoms. The number of aromatic nitrogens is 4. The first-order chi connectivity index (χ1) is 12.7. The summed E-state index contributed by atoms with van der Waals surface area (Å²) in [4.78, 5) is 22.7. The highest BCUT2D eigenvalue weighted by Gasteiger charge is 2.22. The SMILES string of the molecule is Cc1nc2ncnn2c(N2CCCC2)c1Cc1ccc(C(=O)NO)cc1. The molecule has 0 radical (unpaired) electrons. The molecule has 1 saturated heterocycles. The first kappa shape index (κ1) is 16.5. The maximum atomic E-state index is 11.5. The van der Waals surface area contributed by atoms with Crippen LogP contribution in [0, 0.1) is 6.92 Å². The lowest BCUT2D eigenvalue weighted by Gasteiger charge is -2.23. The van der Waals surface area contributed by atoms with Crippen LogP contribution in [0.1, 0.15) is 40.0 Å². The summed E-state index contributed by atoms with van der Waals surface area (Å²) in [6.45, 7) is 4.00. The number of hydrogen-bond acceptors (Lipinski definition) is 6. The smallest absolute Gasteiger partial charge is 0.274 e. The number of rotatable bonds is 4. The fourth-order valence-electron chi connectivity index (χ4n) is 3.47. The molecular weight excluding hydrogens is 332 g/mol. The third-order valence-electron chi connectivity index (χ3n) is 4.81. The van der Waals surface area contributed by atoms with Crippen LogP contribution in [0.2, 0.25) is 0 Å². The number of carbonyl (C=O) groups is 1. The fraction of sp³-hybridized carbons (Fsp3) is 0.333. The van der Waals surface area contributed by atoms with Crippen LogP contribution in [-0.4, -0.2) is 43.8 Å². The highest BCUT2D eigenvalue weighted by atomic mass is 16.5. The van der Waals surface area contributed by atoms with Gasteiger partial charge in [-0.1, -0.05) is 12.1 Å². The Morgan fingerprint density at radius 2 is 1.96 bits per heavy atom. The molecule has 0 aliphatic carbocycles. The van der Waals surface area contributed by atoms with Crippen molar-refractivity contribution in [3.05, 3.63) is 53.0 Å². The first-order valence-electron chi connectivity index (χ1n) is 8.65. The van der Waals surface area contributed by atoms with E-state index in [1.807, 2.05) is 23.6 Å². The average Bonchev–Trinajstić information content (AvgIpc) is 3.34. The van der Waals surface area contributed by atoms with E-state index >= 15 is 0 Å². The second-order valence-electron chi connectivity index (χ2n) is 6.48. The summed E-state index contributed by atoms with van der Waals surface area (Å²) in [6.07, 6.45) is 4.55. The van der Waals surface area contributed by atoms with Crippen LogP contribution in [0.4, 0.5) is 5.82 Å². The number of amides is 1. The molecule has 2 aromatic heterocycles. The van der Waals surface area contributed by atoms with E-state index in [-0.39, 0.29) is 0 Å². The van der Waals surface area contributed by atoms with Crippen LogP contribution in [0.25, 0.3) is 5.78 Å². The van der Waals surface area contributed by atoms with Crippen molar-refractivity contribution < 1.29 is 10.0 Å². The molecule has 2 N–H and O–H groups in total. The van der Waals surface area contributed by atoms with Crippen LogP contribution in [0.3, 0.4) is 0 Å². The quantitative estimate of drug-likeness (QED) is 0.548. The van der Waals surface area contributed by atoms with Crippen molar-refractivity contribution in [2.75, 3.05) is 18.0 Å². The van der Waals surface area contributed by atoms with E-state index < -0.39 is 5.91 Å². The number of carbonyl (C=O) groups excluding carboxylic acids is 1. The Kier molecular flexibility index (Phi) is 4.26. The summed E-state index contributed by atoms with van der Waals surface area (Å²) in [5.74, 6) is 1.15. The molecular formula is C18H20N6O2. The highest BCUT2D eigenvalue weighted by Crippen LogP contribution is 2.28. The summed E-state index contributed by atoms with van der Waals surface area (Å²) in [6, 6.07) is 7.19. The third kappa shape index (κ3) is 2.88. The Morgan fingerprint density at radius 3 is 2.65 bits per heavy atom. The fourth-order valence-corrected chi connectivity index (χ4v) is 3.47. The van der Waals surface area contributed by atoms with Gasteiger partial charge < -0.3 is 4.90 Å². The number of benzene rings is 1. The van der Waals surface area contributed by atoms with Gasteiger partial charge in [0.1, 0.15) is 12.1 Å². The van der Waals surface area contributed by atoms with Crippen LogP contribution in [0.15, 0.2) is 30.6 Å². The van der Waals surface area contributed by atoms with Gasteiger partial charge in [-0.25, -0.2) is 10.5 Å². The molecule has 0 unspecified atom stereocenters. The molecule has 1 aliphatic heterocycles. The van der Waals surface area contributed by atoms with Gasteiger partial charge in [-0.05, 0) is 37.5 Å². The Hall–Kier alpha value is -3.00. The number of hydrogen-bond donors (Lipinski definition) is 2. The van der Waals surface area contributed by atoms with Crippen molar-refractivity contribution in [2.45, 2.75) is 26.2 Å². The van der Waals surface area contributed by atoms with Gasteiger partial charge in [-0.3, -0.25) is 10.0 Å². The third-order valence-corrected chi connectivity index (χ3v) is 4.81. The number of nitrogens with one attached hydrogen (secondary N) is 1. The molecule has 3 aromatic rings. The Balaban J connectivity index is 1.74. The van der Waals surface area contributed by atoms with E-state index in [0.717, 1.165) is 35.7 Å². The minimum absolute atomic E-state index is 0.414. The molecule has 4 rings (SSSR count). The number of nitrogens with zero attached hydrogens (tertiary/aromatic N) is 5. The number of aryl methyl sites for hydroxylation is 1. The second kappa shape index (κ2) is 6.72. The lowest BCUT2D eigenvalue weighted by Crippen LogP contribution is -2.24. The Morgan fingerprint density at radius 1 is 1.23 bits per heavy atom. The van der Waals surface area contributed by atoms with E-state index in [1.165, 1.54) is 19.2 Å². The molecule has 0 bridgehead atoms. The van der Waals surface area contributed by atoms with Gasteiger partial charge in [-0.15, -0.1) is 0 Å². The molecule has 1 fully saturated rings. The van der Waals surface area contributed by atoms with Crippen molar-refractivity contribution in [3.8, 4) is 0 Å². The predicted molar refractivity (Wildman–Crippen MR) is 95.5 cm³/mol. The van der Waals surface area contributed by atoms with Crippen molar-refractivity contribution in [1.29, 1.82) is 0 Å². The van der Waals surface area contributed by atoms with E-state index in [9.17, 15) is 4.79 Å². The van der Waals surface area contributed by atoms with Crippen molar-refractivity contribution in [1.82, 2.24) is 25.1 Å². The largest absolute Gasteiger partial charge is 0.356 e. The first-order valence-corrected chi connectivity index (χ1v) is 8.65. The molecule has 0 saturated carbocycles. The monoisotopic (exact) mass is 352 g/mol. The standard InChI is InChI=1S/C18H20N6O2/c1-12-15(10-13-4-6-14(7-5-13)16(25)22-26)17(23-8-2-3-9-23)24-18(21-12)19-11-20-24/h4-7,11,26H,2-3,8-10H2,1H3,(H,22,25). The predicted octanol–water partition coefficient (Wildman–Crippen LogP) is 1.74. The van der Waals surface area contributed by atoms with E-state index in [1.54, 1.807) is 17.6 Å². The summed E-state index contributed by atoms with van der Waals surface area (Å²) in [7, 11) is 0. The van der Waals surface area contributed by atoms with E-state index in [0.29, 0.717) is 17.8 Å². The van der Waals surface area contributed by atoms with Crippen molar-refractivity contribution >= 4 is 17.5 Å². The maximum absolute atomic E-state index is 11.5. The highest BCUT2D eigenvalue weighted by molar-refractivity contribution is 5.93. The van der Waals surface area contributed by atoms with Crippen LogP contribution >= 0.6 is 0 Å². The van der Waals surface area contributed by atoms with Crippen LogP contribution in [-0.2, 0) is 6.42 Å². The number of fused-ring (bicyclic) bond motifs is 1. The van der Waals surface area contributed by atoms with Gasteiger partial charge in [0, 0.05) is 36.3 Å². The van der Waals surface area contributed by atoms with Crippen molar-refractivity contribution in [2.24, 2.45) is 0 Å². The summed E-state index contributed by atoms with van der Waals surface area (Å²) in [5.41, 5.74) is 5.17. The summed E-state index contributed by atoms with van der Waals surface area (Å²) < 4.78 is 1.82. The van der Waals surface area contributed by atoms with Gasteiger partial charge in [0.2, 0.25) is 0 Å². The van der Waals surface area contributed by atoms with E-state index in [2.05, 4.69) is 20.0 Å². The number of anilines is 1. The number of hydroxylamine groups is 1. The zero-order chi connectivity index (χ0) is 18.1. The summed E-state index contributed by atoms with van der Waals surface area (Å²) >= 11 is 0. The zero-order valence-electron chi connectivity index (χ0n) is 14.5. The lowest BCUT2D eigenvalue weighted by atomic mass is 10.0. The van der Waals surface area contributed by atoms with Crippen LogP contribution < -0.4 is 10.4 Å². The molecule has 134 valence electrons. The second-order valence-corrected chi connectivity index (χ2v) is 6.48. The van der Waals surface area contributed by atoms with E-state index in [4.69, 9.17) is 5.21 Å². The molecule has 0 atom stereocenters. The molecule has 1 aromatic carbocycles. The summed E-state index contributed by atoms with van der Waals surface area (Å²) in [5, 5.41) is 13.1. The minimum atomic E-state index is -0.517. The molecule has 3 heterocycles. The van der Waals surface area contributed by atoms with Gasteiger partial charge in [0.05, 0.1) is 0 Å². The topological polar surface area (TPSA) is 95.7 Å². The normalized spacial score (nSPS) is 14.2. The van der Waals surface area contributed by atoms with Gasteiger partial charge in [-0.2, -0.15) is 14.6 Å². The van der Waals surface area contributed by atoms with Crippen LogP contribution in [0.5, 0.6) is 0 Å². The lowest BCUT2D eigenvalue weighted by molar-refractivity contribution is 0.0706. The van der Waals surface area contributed by atoms with Gasteiger partial charge in [0.25, 0.3) is 11.7 Å². The molecule has 26 heavy (non-hydrogen) atoms. The molecule has 8 nitrogen and oxygen atoms in total. The van der Waals surface area contributed by atoms with Crippen molar-refractivity contribution in [3.63, 3.8) is 0 Å². The average molecular weight is 352 g/mol. The molecule has 1 aliphatic rings. The zero-order valence-corrected chi connectivity index (χ0v) is 14.5. The van der Waals surface area contributed by atoms with Gasteiger partial charge >= 0.3 is 0 Å². The molecule has 0 spiro atoms. The minimum Gasteiger partial charge on any atom is -0.356 e. The maximum Gasteiger partial charge on any atom is 0.274 e. The molecule has 1 amide bonds. The Bertz CT molecular complexity index is 944. The van der Waals surface area contributed by atoms with Gasteiger partial charge in [0.15, 0.2) is 0 Å². The Labute approximate surface area is 150 Å².